The van der Waals surface area contributed by atoms with E-state index >= 15 is 0 Å². The lowest BCUT2D eigenvalue weighted by Gasteiger charge is -2.18. The molecule has 0 atom stereocenters. The maximum Gasteiger partial charge on any atom is 0.237 e. The van der Waals surface area contributed by atoms with Gasteiger partial charge in [0.1, 0.15) is 23.1 Å². The Bertz CT molecular complexity index is 607. The number of aromatic nitrogens is 2. The van der Waals surface area contributed by atoms with Gasteiger partial charge in [-0.3, -0.25) is 0 Å². The van der Waals surface area contributed by atoms with E-state index in [4.69, 9.17) is 21.1 Å². The lowest BCUT2D eigenvalue weighted by Crippen LogP contribution is -2.25. The van der Waals surface area contributed by atoms with Crippen LogP contribution >= 0.6 is 11.6 Å². The highest BCUT2D eigenvalue weighted by Gasteiger charge is 2.10. The van der Waals surface area contributed by atoms with Crippen LogP contribution in [-0.4, -0.2) is 41.9 Å². The summed E-state index contributed by atoms with van der Waals surface area (Å²) >= 11 is 5.96. The largest absolute Gasteiger partial charge is 0.508 e. The molecular weight excluding hydrogens is 306 g/mol. The summed E-state index contributed by atoms with van der Waals surface area (Å²) < 4.78 is 10.9. The third kappa shape index (κ3) is 4.39. The third-order valence-electron chi connectivity index (χ3n) is 2.85. The number of aromatic hydroxyl groups is 1. The Balaban J connectivity index is 1.90. The van der Waals surface area contributed by atoms with Crippen molar-refractivity contribution >= 4 is 17.5 Å². The summed E-state index contributed by atoms with van der Waals surface area (Å²) in [6, 6.07) is 6.58. The zero-order chi connectivity index (χ0) is 15.9. The van der Waals surface area contributed by atoms with Gasteiger partial charge in [0.15, 0.2) is 0 Å². The van der Waals surface area contributed by atoms with Gasteiger partial charge in [-0.1, -0.05) is 11.6 Å². The molecular formula is C15H18ClN3O3. The number of ether oxygens (including phenoxy) is 2. The van der Waals surface area contributed by atoms with E-state index in [1.165, 1.54) is 6.20 Å². The SMILES string of the molecule is CCOc1nc(N(C)CCOc2ccc(O)cc2)ncc1Cl. The van der Waals surface area contributed by atoms with E-state index in [0.717, 1.165) is 0 Å². The highest BCUT2D eigenvalue weighted by molar-refractivity contribution is 6.31. The molecule has 1 aromatic carbocycles. The van der Waals surface area contributed by atoms with Crippen LogP contribution in [0.4, 0.5) is 5.95 Å². The number of nitrogens with zero attached hydrogens (tertiary/aromatic N) is 3. The summed E-state index contributed by atoms with van der Waals surface area (Å²) in [7, 11) is 1.86. The highest BCUT2D eigenvalue weighted by Crippen LogP contribution is 2.23. The minimum Gasteiger partial charge on any atom is -0.508 e. The number of anilines is 1. The minimum absolute atomic E-state index is 0.211. The Morgan fingerprint density at radius 1 is 1.23 bits per heavy atom. The molecule has 6 nitrogen and oxygen atoms in total. The van der Waals surface area contributed by atoms with Crippen molar-refractivity contribution < 1.29 is 14.6 Å². The molecule has 2 aromatic rings. The average Bonchev–Trinajstić information content (AvgIpc) is 2.51. The van der Waals surface area contributed by atoms with Gasteiger partial charge in [0.25, 0.3) is 0 Å². The predicted molar refractivity (Wildman–Crippen MR) is 85.1 cm³/mol. The van der Waals surface area contributed by atoms with Crippen LogP contribution in [0.3, 0.4) is 0 Å². The van der Waals surface area contributed by atoms with E-state index in [-0.39, 0.29) is 5.75 Å². The molecule has 0 unspecified atom stereocenters. The van der Waals surface area contributed by atoms with E-state index in [9.17, 15) is 5.11 Å². The second-order valence-electron chi connectivity index (χ2n) is 4.52. The third-order valence-corrected chi connectivity index (χ3v) is 3.11. The van der Waals surface area contributed by atoms with E-state index in [0.29, 0.717) is 42.4 Å². The Morgan fingerprint density at radius 3 is 2.64 bits per heavy atom. The van der Waals surface area contributed by atoms with Crippen LogP contribution in [-0.2, 0) is 0 Å². The number of benzene rings is 1. The van der Waals surface area contributed by atoms with Gasteiger partial charge in [0.2, 0.25) is 11.8 Å². The second kappa shape index (κ2) is 7.70. The van der Waals surface area contributed by atoms with Crippen LogP contribution in [0.15, 0.2) is 30.5 Å². The number of hydrogen-bond donors (Lipinski definition) is 1. The fourth-order valence-corrected chi connectivity index (χ4v) is 1.85. The van der Waals surface area contributed by atoms with Gasteiger partial charge >= 0.3 is 0 Å². The van der Waals surface area contributed by atoms with E-state index < -0.39 is 0 Å². The number of hydrogen-bond acceptors (Lipinski definition) is 6. The molecule has 0 aliphatic carbocycles. The smallest absolute Gasteiger partial charge is 0.237 e. The van der Waals surface area contributed by atoms with Crippen molar-refractivity contribution in [1.82, 2.24) is 9.97 Å². The zero-order valence-corrected chi connectivity index (χ0v) is 13.2. The molecule has 1 aromatic heterocycles. The van der Waals surface area contributed by atoms with Crippen LogP contribution in [0.1, 0.15) is 6.92 Å². The van der Waals surface area contributed by atoms with E-state index in [2.05, 4.69) is 9.97 Å². The lowest BCUT2D eigenvalue weighted by atomic mass is 10.3. The first-order chi connectivity index (χ1) is 10.6. The molecule has 0 saturated heterocycles. The molecule has 7 heteroatoms. The molecule has 2 rings (SSSR count). The van der Waals surface area contributed by atoms with Gasteiger partial charge < -0.3 is 19.5 Å². The normalized spacial score (nSPS) is 10.3. The maximum atomic E-state index is 9.21. The number of likely N-dealkylation sites (N-methyl/N-ethyl adjacent to an activating group) is 1. The van der Waals surface area contributed by atoms with E-state index in [1.54, 1.807) is 24.3 Å². The van der Waals surface area contributed by atoms with Crippen molar-refractivity contribution in [3.63, 3.8) is 0 Å². The molecule has 0 aliphatic heterocycles. The van der Waals surface area contributed by atoms with Crippen molar-refractivity contribution in [3.05, 3.63) is 35.5 Å². The summed E-state index contributed by atoms with van der Waals surface area (Å²) in [5.74, 6) is 1.79. The average molecular weight is 324 g/mol. The molecule has 0 amide bonds. The summed E-state index contributed by atoms with van der Waals surface area (Å²) in [4.78, 5) is 10.3. The molecule has 118 valence electrons. The summed E-state index contributed by atoms with van der Waals surface area (Å²) in [6.45, 7) is 3.41. The second-order valence-corrected chi connectivity index (χ2v) is 4.93. The van der Waals surface area contributed by atoms with Crippen molar-refractivity contribution in [2.24, 2.45) is 0 Å². The van der Waals surface area contributed by atoms with Crippen molar-refractivity contribution in [2.45, 2.75) is 6.92 Å². The number of halogens is 1. The monoisotopic (exact) mass is 323 g/mol. The number of rotatable bonds is 7. The Hall–Kier alpha value is -2.21. The minimum atomic E-state index is 0.211. The molecule has 0 spiro atoms. The van der Waals surface area contributed by atoms with E-state index in [1.807, 2.05) is 18.9 Å². The summed E-state index contributed by atoms with van der Waals surface area (Å²) in [5.41, 5.74) is 0. The zero-order valence-electron chi connectivity index (χ0n) is 12.5. The van der Waals surface area contributed by atoms with Gasteiger partial charge in [0, 0.05) is 7.05 Å². The highest BCUT2D eigenvalue weighted by atomic mass is 35.5. The molecule has 1 N–H and O–H groups in total. The van der Waals surface area contributed by atoms with Crippen LogP contribution in [0.2, 0.25) is 5.02 Å². The lowest BCUT2D eigenvalue weighted by molar-refractivity contribution is 0.320. The fourth-order valence-electron chi connectivity index (χ4n) is 1.71. The van der Waals surface area contributed by atoms with Crippen LogP contribution < -0.4 is 14.4 Å². The summed E-state index contributed by atoms with van der Waals surface area (Å²) in [6.07, 6.45) is 1.52. The standard InChI is InChI=1S/C15H18ClN3O3/c1-3-21-14-13(16)10-17-15(18-14)19(2)8-9-22-12-6-4-11(20)5-7-12/h4-7,10,20H,3,8-9H2,1-2H3. The van der Waals surface area contributed by atoms with Gasteiger partial charge in [0.05, 0.1) is 19.3 Å². The first kappa shape index (κ1) is 16.2. The Kier molecular flexibility index (Phi) is 5.66. The maximum absolute atomic E-state index is 9.21. The van der Waals surface area contributed by atoms with Gasteiger partial charge in [-0.15, -0.1) is 0 Å². The summed E-state index contributed by atoms with van der Waals surface area (Å²) in [5, 5.41) is 9.60. The Morgan fingerprint density at radius 2 is 1.95 bits per heavy atom. The molecule has 22 heavy (non-hydrogen) atoms. The molecule has 0 fully saturated rings. The first-order valence-corrected chi connectivity index (χ1v) is 7.26. The van der Waals surface area contributed by atoms with Crippen molar-refractivity contribution in [3.8, 4) is 17.4 Å². The van der Waals surface area contributed by atoms with Gasteiger partial charge in [-0.2, -0.15) is 4.98 Å². The number of phenols is 1. The predicted octanol–water partition coefficient (Wildman–Crippen LogP) is 2.75. The van der Waals surface area contributed by atoms with Gasteiger partial charge in [-0.25, -0.2) is 4.98 Å². The van der Waals surface area contributed by atoms with Gasteiger partial charge in [-0.05, 0) is 31.2 Å². The molecule has 0 saturated carbocycles. The molecule has 1 heterocycles. The van der Waals surface area contributed by atoms with Crippen LogP contribution in [0, 0.1) is 0 Å². The molecule has 0 aliphatic rings. The van der Waals surface area contributed by atoms with Crippen LogP contribution in [0.25, 0.3) is 0 Å². The number of phenolic OH excluding ortho intramolecular Hbond substituents is 1. The fraction of sp³-hybridized carbons (Fsp3) is 0.333. The van der Waals surface area contributed by atoms with Crippen LogP contribution in [0.5, 0.6) is 17.4 Å². The van der Waals surface area contributed by atoms with Crippen molar-refractivity contribution in [1.29, 1.82) is 0 Å². The quantitative estimate of drug-likeness (QED) is 0.845. The molecule has 0 radical (unpaired) electrons. The Labute approximate surface area is 134 Å². The molecule has 0 bridgehead atoms. The van der Waals surface area contributed by atoms with Crippen molar-refractivity contribution in [2.75, 3.05) is 31.7 Å². The first-order valence-electron chi connectivity index (χ1n) is 6.88. The topological polar surface area (TPSA) is 67.7 Å².